The summed E-state index contributed by atoms with van der Waals surface area (Å²) < 4.78 is 49.5. The molecule has 4 rings (SSSR count). The number of carbonyl (C=O) groups excluding carboxylic acids is 1. The molecule has 0 spiro atoms. The number of nitrogens with two attached hydrogens (primary N) is 1. The number of anilines is 2. The van der Waals surface area contributed by atoms with E-state index >= 15 is 0 Å². The quantitative estimate of drug-likeness (QED) is 0.365. The lowest BCUT2D eigenvalue weighted by atomic mass is 9.92. The number of ether oxygens (including phenoxy) is 1. The van der Waals surface area contributed by atoms with Crippen molar-refractivity contribution in [3.63, 3.8) is 0 Å². The Labute approximate surface area is 192 Å². The number of pyridine rings is 1. The highest BCUT2D eigenvalue weighted by Gasteiger charge is 2.30. The van der Waals surface area contributed by atoms with E-state index in [4.69, 9.17) is 15.0 Å². The van der Waals surface area contributed by atoms with Crippen molar-refractivity contribution in [1.82, 2.24) is 10.1 Å². The van der Waals surface area contributed by atoms with Crippen LogP contribution in [-0.4, -0.2) is 28.8 Å². The first-order valence-corrected chi connectivity index (χ1v) is 10.3. The van der Waals surface area contributed by atoms with Crippen LogP contribution in [0.5, 0.6) is 5.75 Å². The smallest absolute Gasteiger partial charge is 0.422 e. The topological polar surface area (TPSA) is 103 Å². The van der Waals surface area contributed by atoms with Crippen molar-refractivity contribution in [2.75, 3.05) is 17.7 Å². The first kappa shape index (κ1) is 23.1. The first-order chi connectivity index (χ1) is 16.0. The summed E-state index contributed by atoms with van der Waals surface area (Å²) in [5.74, 6) is 0.122. The van der Waals surface area contributed by atoms with Crippen LogP contribution in [0.15, 0.2) is 47.1 Å². The number of hydrogen-bond acceptors (Lipinski definition) is 6. The fourth-order valence-electron chi connectivity index (χ4n) is 3.91. The van der Waals surface area contributed by atoms with E-state index in [0.717, 1.165) is 0 Å². The maximum atomic E-state index is 13.0. The molecule has 0 unspecified atom stereocenters. The molecule has 2 aromatic carbocycles. The molecule has 0 aliphatic heterocycles. The van der Waals surface area contributed by atoms with E-state index in [1.807, 2.05) is 0 Å². The van der Waals surface area contributed by atoms with Gasteiger partial charge in [-0.2, -0.15) is 13.2 Å². The molecular weight excluding hydrogens is 449 g/mol. The Bertz CT molecular complexity index is 1380. The molecule has 0 aliphatic rings. The number of rotatable bonds is 5. The van der Waals surface area contributed by atoms with Crippen LogP contribution in [0.1, 0.15) is 18.4 Å². The number of hydrogen-bond donors (Lipinski definition) is 2. The molecule has 0 saturated heterocycles. The van der Waals surface area contributed by atoms with Gasteiger partial charge in [0.2, 0.25) is 5.91 Å². The Morgan fingerprint density at radius 3 is 2.59 bits per heavy atom. The fraction of sp³-hybridized carbons (Fsp3) is 0.208. The predicted octanol–water partition coefficient (Wildman–Crippen LogP) is 5.66. The third kappa shape index (κ3) is 4.52. The van der Waals surface area contributed by atoms with Crippen LogP contribution in [-0.2, 0) is 4.79 Å². The summed E-state index contributed by atoms with van der Waals surface area (Å²) in [6.45, 7) is 3.34. The second-order valence-corrected chi connectivity index (χ2v) is 7.78. The molecule has 10 heteroatoms. The van der Waals surface area contributed by atoms with Gasteiger partial charge in [0, 0.05) is 35.2 Å². The van der Waals surface area contributed by atoms with Crippen LogP contribution in [0.25, 0.3) is 33.2 Å². The zero-order chi connectivity index (χ0) is 24.6. The number of nitrogen functional groups attached to an aromatic ring is 1. The monoisotopic (exact) mass is 470 g/mol. The third-order valence-electron chi connectivity index (χ3n) is 5.20. The van der Waals surface area contributed by atoms with Crippen LogP contribution in [0.2, 0.25) is 0 Å². The van der Waals surface area contributed by atoms with Crippen LogP contribution in [0.4, 0.5) is 24.5 Å². The average molecular weight is 470 g/mol. The molecular formula is C24H21F3N4O3. The Balaban J connectivity index is 2.05. The summed E-state index contributed by atoms with van der Waals surface area (Å²) in [6.07, 6.45) is -2.97. The van der Waals surface area contributed by atoms with Crippen molar-refractivity contribution in [3.8, 4) is 28.0 Å². The number of aryl methyl sites for hydroxylation is 2. The Morgan fingerprint density at radius 2 is 1.94 bits per heavy atom. The minimum Gasteiger partial charge on any atom is -0.483 e. The van der Waals surface area contributed by atoms with Gasteiger partial charge in [-0.25, -0.2) is 0 Å². The summed E-state index contributed by atoms with van der Waals surface area (Å²) in [6, 6.07) is 9.75. The summed E-state index contributed by atoms with van der Waals surface area (Å²) in [7, 11) is 0. The van der Waals surface area contributed by atoms with E-state index in [1.165, 1.54) is 13.0 Å². The lowest BCUT2D eigenvalue weighted by Crippen LogP contribution is -2.19. The van der Waals surface area contributed by atoms with Gasteiger partial charge in [-0.3, -0.25) is 9.78 Å². The van der Waals surface area contributed by atoms with Crippen LogP contribution in [0, 0.1) is 13.8 Å². The molecule has 7 nitrogen and oxygen atoms in total. The maximum absolute atomic E-state index is 13.0. The van der Waals surface area contributed by atoms with E-state index in [0.29, 0.717) is 44.6 Å². The lowest BCUT2D eigenvalue weighted by Gasteiger charge is -2.20. The molecule has 4 aromatic rings. The Kier molecular flexibility index (Phi) is 5.90. The van der Waals surface area contributed by atoms with Crippen LogP contribution < -0.4 is 15.8 Å². The Morgan fingerprint density at radius 1 is 1.18 bits per heavy atom. The number of alkyl halides is 3. The second kappa shape index (κ2) is 8.69. The van der Waals surface area contributed by atoms with E-state index in [1.54, 1.807) is 50.4 Å². The summed E-state index contributed by atoms with van der Waals surface area (Å²) in [5.41, 5.74) is 9.97. The molecule has 0 atom stereocenters. The highest BCUT2D eigenvalue weighted by Crippen LogP contribution is 2.45. The molecule has 3 N–H and O–H groups in total. The molecule has 0 radical (unpaired) electrons. The zero-order valence-electron chi connectivity index (χ0n) is 18.6. The van der Waals surface area contributed by atoms with Crippen LogP contribution in [0.3, 0.4) is 0 Å². The second-order valence-electron chi connectivity index (χ2n) is 7.78. The average Bonchev–Trinajstić information content (AvgIpc) is 3.10. The summed E-state index contributed by atoms with van der Waals surface area (Å²) in [4.78, 5) is 16.3. The SMILES string of the molecule is CC(=O)Nc1c(N)cc(-c2c(C)noc2C)cc1-c1c(OCC(F)(F)F)ccc2ncccc12. The molecule has 0 aliphatic carbocycles. The molecule has 176 valence electrons. The molecule has 2 heterocycles. The standard InChI is InChI=1S/C24H21F3N4O3/c1-12-21(13(2)34-31-12)15-9-17(23(18(28)10-15)30-14(3)32)22-16-5-4-8-29-19(16)6-7-20(22)33-11-24(25,26)27/h4-10H,11,28H2,1-3H3,(H,30,32). The van der Waals surface area contributed by atoms with Gasteiger partial charge in [-0.15, -0.1) is 0 Å². The van der Waals surface area contributed by atoms with Gasteiger partial charge in [0.15, 0.2) is 6.61 Å². The predicted molar refractivity (Wildman–Crippen MR) is 122 cm³/mol. The van der Waals surface area contributed by atoms with Crippen molar-refractivity contribution in [2.45, 2.75) is 26.9 Å². The number of aromatic nitrogens is 2. The van der Waals surface area contributed by atoms with Gasteiger partial charge in [-0.05, 0) is 49.7 Å². The van der Waals surface area contributed by atoms with Crippen molar-refractivity contribution in [2.24, 2.45) is 0 Å². The minimum absolute atomic E-state index is 0.0280. The maximum Gasteiger partial charge on any atom is 0.422 e. The largest absolute Gasteiger partial charge is 0.483 e. The van der Waals surface area contributed by atoms with Gasteiger partial charge in [-0.1, -0.05) is 11.2 Å². The molecule has 1 amide bonds. The molecule has 0 bridgehead atoms. The number of amides is 1. The van der Waals surface area contributed by atoms with Gasteiger partial charge >= 0.3 is 6.18 Å². The number of fused-ring (bicyclic) bond motifs is 1. The molecule has 34 heavy (non-hydrogen) atoms. The molecule has 2 aromatic heterocycles. The highest BCUT2D eigenvalue weighted by atomic mass is 19.4. The summed E-state index contributed by atoms with van der Waals surface area (Å²) in [5, 5.41) is 7.21. The van der Waals surface area contributed by atoms with Gasteiger partial charge in [0.1, 0.15) is 11.5 Å². The number of halogens is 3. The van der Waals surface area contributed by atoms with Gasteiger partial charge < -0.3 is 20.3 Å². The van der Waals surface area contributed by atoms with E-state index in [9.17, 15) is 18.0 Å². The van der Waals surface area contributed by atoms with Crippen molar-refractivity contribution in [1.29, 1.82) is 0 Å². The van der Waals surface area contributed by atoms with Crippen molar-refractivity contribution in [3.05, 3.63) is 54.0 Å². The van der Waals surface area contributed by atoms with Crippen molar-refractivity contribution >= 4 is 28.2 Å². The number of carbonyl (C=O) groups is 1. The fourth-order valence-corrected chi connectivity index (χ4v) is 3.91. The van der Waals surface area contributed by atoms with E-state index in [-0.39, 0.29) is 17.1 Å². The van der Waals surface area contributed by atoms with Crippen LogP contribution >= 0.6 is 0 Å². The third-order valence-corrected chi connectivity index (χ3v) is 5.20. The van der Waals surface area contributed by atoms with Gasteiger partial charge in [0.25, 0.3) is 0 Å². The van der Waals surface area contributed by atoms with E-state index in [2.05, 4.69) is 15.5 Å². The molecule has 0 fully saturated rings. The number of nitrogens with zero attached hydrogens (tertiary/aromatic N) is 2. The number of nitrogens with one attached hydrogen (secondary N) is 1. The highest BCUT2D eigenvalue weighted by molar-refractivity contribution is 6.07. The normalized spacial score (nSPS) is 11.6. The van der Waals surface area contributed by atoms with Gasteiger partial charge in [0.05, 0.1) is 22.6 Å². The lowest BCUT2D eigenvalue weighted by molar-refractivity contribution is -0.153. The van der Waals surface area contributed by atoms with Crippen molar-refractivity contribution < 1.29 is 27.2 Å². The molecule has 0 saturated carbocycles. The summed E-state index contributed by atoms with van der Waals surface area (Å²) >= 11 is 0. The van der Waals surface area contributed by atoms with E-state index < -0.39 is 18.7 Å². The Hall–Kier alpha value is -4.08. The zero-order valence-corrected chi connectivity index (χ0v) is 18.6. The first-order valence-electron chi connectivity index (χ1n) is 10.3. The minimum atomic E-state index is -4.54. The number of benzene rings is 2.